The largest absolute Gasteiger partial charge is 0.313 e. The van der Waals surface area contributed by atoms with E-state index in [0.29, 0.717) is 6.04 Å². The highest BCUT2D eigenvalue weighted by Gasteiger charge is 2.15. The molecule has 2 aromatic rings. The van der Waals surface area contributed by atoms with Gasteiger partial charge in [-0.05, 0) is 45.7 Å². The Bertz CT molecular complexity index is 582. The van der Waals surface area contributed by atoms with Gasteiger partial charge in [-0.15, -0.1) is 0 Å². The average molecular weight is 289 g/mol. The molecule has 0 amide bonds. The fourth-order valence-corrected chi connectivity index (χ4v) is 2.86. The van der Waals surface area contributed by atoms with Gasteiger partial charge in [0, 0.05) is 37.1 Å². The Morgan fingerprint density at radius 1 is 1.33 bits per heavy atom. The second-order valence-electron chi connectivity index (χ2n) is 5.69. The standard InChI is InChI=1S/C16H27N5/c1-6-9-21-11-14(10-18-21)16(17-4)8-7-15-12(2)19-20(5)13(15)3/h10-11,16-17H,6-9H2,1-5H3. The minimum Gasteiger partial charge on any atom is -0.313 e. The predicted octanol–water partition coefficient (Wildman–Crippen LogP) is 2.54. The van der Waals surface area contributed by atoms with E-state index >= 15 is 0 Å². The van der Waals surface area contributed by atoms with Crippen molar-refractivity contribution in [3.63, 3.8) is 0 Å². The summed E-state index contributed by atoms with van der Waals surface area (Å²) >= 11 is 0. The molecule has 0 saturated heterocycles. The summed E-state index contributed by atoms with van der Waals surface area (Å²) in [7, 11) is 4.03. The zero-order chi connectivity index (χ0) is 15.4. The van der Waals surface area contributed by atoms with Gasteiger partial charge in [0.2, 0.25) is 0 Å². The highest BCUT2D eigenvalue weighted by Crippen LogP contribution is 2.21. The van der Waals surface area contributed by atoms with Crippen LogP contribution in [0.4, 0.5) is 0 Å². The van der Waals surface area contributed by atoms with Crippen molar-refractivity contribution in [2.75, 3.05) is 7.05 Å². The third-order valence-corrected chi connectivity index (χ3v) is 4.20. The maximum Gasteiger partial charge on any atom is 0.0628 e. The quantitative estimate of drug-likeness (QED) is 0.852. The van der Waals surface area contributed by atoms with Crippen molar-refractivity contribution in [1.82, 2.24) is 24.9 Å². The van der Waals surface area contributed by atoms with Crippen molar-refractivity contribution < 1.29 is 0 Å². The Balaban J connectivity index is 2.05. The van der Waals surface area contributed by atoms with Gasteiger partial charge in [-0.3, -0.25) is 9.36 Å². The SMILES string of the molecule is CCCn1cc(C(CCc2c(C)nn(C)c2C)NC)cn1. The smallest absolute Gasteiger partial charge is 0.0628 e. The minimum absolute atomic E-state index is 0.342. The highest BCUT2D eigenvalue weighted by molar-refractivity contribution is 5.25. The van der Waals surface area contributed by atoms with Gasteiger partial charge in [0.15, 0.2) is 0 Å². The molecule has 0 radical (unpaired) electrons. The molecule has 2 rings (SSSR count). The van der Waals surface area contributed by atoms with E-state index < -0.39 is 0 Å². The molecule has 0 aliphatic carbocycles. The first-order chi connectivity index (χ1) is 10.1. The average Bonchev–Trinajstić information content (AvgIpc) is 3.00. The molecule has 116 valence electrons. The number of hydrogen-bond donors (Lipinski definition) is 1. The molecule has 1 N–H and O–H groups in total. The van der Waals surface area contributed by atoms with Gasteiger partial charge in [0.25, 0.3) is 0 Å². The summed E-state index contributed by atoms with van der Waals surface area (Å²) in [4.78, 5) is 0. The lowest BCUT2D eigenvalue weighted by Crippen LogP contribution is -2.17. The lowest BCUT2D eigenvalue weighted by molar-refractivity contribution is 0.545. The van der Waals surface area contributed by atoms with Crippen LogP contribution in [-0.4, -0.2) is 26.6 Å². The normalized spacial score (nSPS) is 12.8. The van der Waals surface area contributed by atoms with Crippen LogP contribution in [0, 0.1) is 13.8 Å². The second-order valence-corrected chi connectivity index (χ2v) is 5.69. The van der Waals surface area contributed by atoms with Crippen LogP contribution < -0.4 is 5.32 Å². The van der Waals surface area contributed by atoms with E-state index in [1.54, 1.807) is 0 Å². The summed E-state index contributed by atoms with van der Waals surface area (Å²) in [5, 5.41) is 12.3. The van der Waals surface area contributed by atoms with Crippen molar-refractivity contribution in [3.8, 4) is 0 Å². The molecule has 1 unspecified atom stereocenters. The topological polar surface area (TPSA) is 47.7 Å². The molecular formula is C16H27N5. The Hall–Kier alpha value is -1.62. The van der Waals surface area contributed by atoms with E-state index in [4.69, 9.17) is 0 Å². The van der Waals surface area contributed by atoms with Crippen molar-refractivity contribution >= 4 is 0 Å². The van der Waals surface area contributed by atoms with Crippen LogP contribution in [0.2, 0.25) is 0 Å². The van der Waals surface area contributed by atoms with Crippen LogP contribution in [-0.2, 0) is 20.0 Å². The Labute approximate surface area is 127 Å². The van der Waals surface area contributed by atoms with Gasteiger partial charge in [-0.2, -0.15) is 10.2 Å². The molecule has 1 atom stereocenters. The molecule has 0 fully saturated rings. The number of aryl methyl sites for hydroxylation is 3. The molecular weight excluding hydrogens is 262 g/mol. The molecule has 0 aliphatic heterocycles. The Kier molecular flexibility index (Phi) is 5.17. The monoisotopic (exact) mass is 289 g/mol. The molecule has 2 heterocycles. The molecule has 0 aliphatic rings. The van der Waals surface area contributed by atoms with E-state index in [1.807, 2.05) is 29.7 Å². The number of nitrogens with zero attached hydrogens (tertiary/aromatic N) is 4. The van der Waals surface area contributed by atoms with Crippen LogP contribution in [0.5, 0.6) is 0 Å². The minimum atomic E-state index is 0.342. The van der Waals surface area contributed by atoms with Crippen molar-refractivity contribution in [2.45, 2.75) is 52.6 Å². The zero-order valence-corrected chi connectivity index (χ0v) is 13.8. The third-order valence-electron chi connectivity index (χ3n) is 4.20. The van der Waals surface area contributed by atoms with E-state index in [0.717, 1.165) is 31.5 Å². The number of aromatic nitrogens is 4. The van der Waals surface area contributed by atoms with Crippen molar-refractivity contribution in [3.05, 3.63) is 34.9 Å². The van der Waals surface area contributed by atoms with Gasteiger partial charge in [0.05, 0.1) is 11.9 Å². The second kappa shape index (κ2) is 6.89. The first-order valence-corrected chi connectivity index (χ1v) is 7.75. The van der Waals surface area contributed by atoms with Crippen LogP contribution in [0.3, 0.4) is 0 Å². The van der Waals surface area contributed by atoms with E-state index in [1.165, 1.54) is 16.8 Å². The zero-order valence-electron chi connectivity index (χ0n) is 13.8. The van der Waals surface area contributed by atoms with Crippen LogP contribution in [0.25, 0.3) is 0 Å². The van der Waals surface area contributed by atoms with Gasteiger partial charge >= 0.3 is 0 Å². The fraction of sp³-hybridized carbons (Fsp3) is 0.625. The first-order valence-electron chi connectivity index (χ1n) is 7.75. The Morgan fingerprint density at radius 3 is 2.67 bits per heavy atom. The van der Waals surface area contributed by atoms with Crippen molar-refractivity contribution in [2.24, 2.45) is 7.05 Å². The summed E-state index contributed by atoms with van der Waals surface area (Å²) in [6, 6.07) is 0.342. The number of rotatable bonds is 7. The lowest BCUT2D eigenvalue weighted by Gasteiger charge is -2.14. The summed E-state index contributed by atoms with van der Waals surface area (Å²) in [5.41, 5.74) is 5.06. The van der Waals surface area contributed by atoms with E-state index in [9.17, 15) is 0 Å². The van der Waals surface area contributed by atoms with Gasteiger partial charge in [-0.1, -0.05) is 6.92 Å². The van der Waals surface area contributed by atoms with Crippen LogP contribution in [0.1, 0.15) is 48.3 Å². The molecule has 5 heteroatoms. The summed E-state index contributed by atoms with van der Waals surface area (Å²) < 4.78 is 4.00. The van der Waals surface area contributed by atoms with E-state index in [2.05, 4.69) is 42.5 Å². The molecule has 0 spiro atoms. The van der Waals surface area contributed by atoms with Gasteiger partial charge in [0.1, 0.15) is 0 Å². The number of hydrogen-bond acceptors (Lipinski definition) is 3. The lowest BCUT2D eigenvalue weighted by atomic mass is 10.0. The Morgan fingerprint density at radius 2 is 2.10 bits per heavy atom. The fourth-order valence-electron chi connectivity index (χ4n) is 2.86. The summed E-state index contributed by atoms with van der Waals surface area (Å²) in [5.74, 6) is 0. The summed E-state index contributed by atoms with van der Waals surface area (Å²) in [6.45, 7) is 7.39. The molecule has 0 saturated carbocycles. The molecule has 21 heavy (non-hydrogen) atoms. The van der Waals surface area contributed by atoms with Gasteiger partial charge in [-0.25, -0.2) is 0 Å². The van der Waals surface area contributed by atoms with Crippen molar-refractivity contribution in [1.29, 1.82) is 0 Å². The number of nitrogens with one attached hydrogen (secondary N) is 1. The highest BCUT2D eigenvalue weighted by atomic mass is 15.3. The third kappa shape index (κ3) is 3.53. The molecule has 0 bridgehead atoms. The van der Waals surface area contributed by atoms with Gasteiger partial charge < -0.3 is 5.32 Å². The maximum atomic E-state index is 4.50. The van der Waals surface area contributed by atoms with Crippen LogP contribution in [0.15, 0.2) is 12.4 Å². The molecule has 2 aromatic heterocycles. The maximum absolute atomic E-state index is 4.50. The summed E-state index contributed by atoms with van der Waals surface area (Å²) in [6.07, 6.45) is 7.35. The van der Waals surface area contributed by atoms with Crippen LogP contribution >= 0.6 is 0 Å². The first kappa shape index (κ1) is 15.8. The molecule has 5 nitrogen and oxygen atoms in total. The molecule has 0 aromatic carbocycles. The van der Waals surface area contributed by atoms with E-state index in [-0.39, 0.29) is 0 Å². The predicted molar refractivity (Wildman–Crippen MR) is 85.3 cm³/mol.